The Hall–Kier alpha value is -3.36. The fourth-order valence-corrected chi connectivity index (χ4v) is 4.33. The lowest BCUT2D eigenvalue weighted by atomic mass is 9.85. The molecule has 0 N–H and O–H groups in total. The first-order valence-corrected chi connectivity index (χ1v) is 11.2. The zero-order chi connectivity index (χ0) is 26.2. The molecule has 4 rings (SSSR count). The van der Waals surface area contributed by atoms with Gasteiger partial charge in [0.2, 0.25) is 5.75 Å². The highest BCUT2D eigenvalue weighted by Crippen LogP contribution is 2.39. The van der Waals surface area contributed by atoms with Crippen LogP contribution in [0.5, 0.6) is 5.75 Å². The van der Waals surface area contributed by atoms with Crippen molar-refractivity contribution < 1.29 is 39.9 Å². The van der Waals surface area contributed by atoms with Crippen LogP contribution in [0.4, 0.5) is 35.1 Å². The van der Waals surface area contributed by atoms with Gasteiger partial charge < -0.3 is 4.74 Å². The third-order valence-electron chi connectivity index (χ3n) is 6.05. The first-order chi connectivity index (χ1) is 17.0. The molecule has 0 fully saturated rings. The van der Waals surface area contributed by atoms with Crippen molar-refractivity contribution in [3.8, 4) is 16.9 Å². The number of aryl methyl sites for hydroxylation is 1. The van der Waals surface area contributed by atoms with Gasteiger partial charge in [-0.3, -0.25) is 0 Å². The number of halogens is 8. The smallest absolute Gasteiger partial charge is 0.399 e. The number of hydrogen-bond donors (Lipinski definition) is 0. The SMILES string of the molecule is CCCCc1ccc(C2=CCc3c(cc(F)c(-c4cc(F)c(OC(F)(F)F)c(F)c4)c3F)C2)c(F)c1. The van der Waals surface area contributed by atoms with Gasteiger partial charge >= 0.3 is 6.36 Å². The summed E-state index contributed by atoms with van der Waals surface area (Å²) in [5.41, 5.74) is 0.580. The highest BCUT2D eigenvalue weighted by molar-refractivity contribution is 5.74. The van der Waals surface area contributed by atoms with Crippen LogP contribution in [0.25, 0.3) is 16.7 Å². The Kier molecular flexibility index (Phi) is 7.11. The van der Waals surface area contributed by atoms with Crippen LogP contribution in [-0.2, 0) is 19.3 Å². The van der Waals surface area contributed by atoms with E-state index in [0.717, 1.165) is 30.9 Å². The van der Waals surface area contributed by atoms with Crippen molar-refractivity contribution in [1.29, 1.82) is 0 Å². The van der Waals surface area contributed by atoms with Crippen LogP contribution in [0.2, 0.25) is 0 Å². The van der Waals surface area contributed by atoms with E-state index in [1.807, 2.05) is 13.0 Å². The Labute approximate surface area is 202 Å². The van der Waals surface area contributed by atoms with E-state index in [1.54, 1.807) is 12.1 Å². The summed E-state index contributed by atoms with van der Waals surface area (Å²) < 4.78 is 114. The molecule has 9 heteroatoms. The van der Waals surface area contributed by atoms with Crippen molar-refractivity contribution in [1.82, 2.24) is 0 Å². The molecule has 1 aliphatic rings. The topological polar surface area (TPSA) is 9.23 Å². The van der Waals surface area contributed by atoms with Gasteiger partial charge in [0.15, 0.2) is 11.6 Å². The summed E-state index contributed by atoms with van der Waals surface area (Å²) in [5.74, 6) is -7.95. The van der Waals surface area contributed by atoms with E-state index >= 15 is 4.39 Å². The third kappa shape index (κ3) is 5.24. The fraction of sp³-hybridized carbons (Fsp3) is 0.259. The van der Waals surface area contributed by atoms with Crippen molar-refractivity contribution in [3.63, 3.8) is 0 Å². The predicted molar refractivity (Wildman–Crippen MR) is 119 cm³/mol. The van der Waals surface area contributed by atoms with Crippen LogP contribution >= 0.6 is 0 Å². The Morgan fingerprint density at radius 1 is 0.861 bits per heavy atom. The fourth-order valence-electron chi connectivity index (χ4n) is 4.33. The van der Waals surface area contributed by atoms with Gasteiger partial charge in [-0.25, -0.2) is 22.0 Å². The van der Waals surface area contributed by atoms with Crippen molar-refractivity contribution in [2.24, 2.45) is 0 Å². The van der Waals surface area contributed by atoms with Gasteiger partial charge in [-0.1, -0.05) is 31.6 Å². The lowest BCUT2D eigenvalue weighted by Crippen LogP contribution is -2.19. The summed E-state index contributed by atoms with van der Waals surface area (Å²) in [5, 5.41) is 0. The molecule has 36 heavy (non-hydrogen) atoms. The number of unbranched alkanes of at least 4 members (excludes halogenated alkanes) is 1. The quantitative estimate of drug-likeness (QED) is 0.301. The molecule has 1 nitrogen and oxygen atoms in total. The average Bonchev–Trinajstić information content (AvgIpc) is 2.79. The molecule has 0 unspecified atom stereocenters. The molecule has 0 aromatic heterocycles. The average molecular weight is 512 g/mol. The van der Waals surface area contributed by atoms with Crippen molar-refractivity contribution >= 4 is 5.57 Å². The van der Waals surface area contributed by atoms with Crippen molar-refractivity contribution in [3.05, 3.63) is 93.8 Å². The van der Waals surface area contributed by atoms with E-state index < -0.39 is 52.3 Å². The maximum atomic E-state index is 15.3. The molecule has 0 radical (unpaired) electrons. The highest BCUT2D eigenvalue weighted by Gasteiger charge is 2.34. The van der Waals surface area contributed by atoms with E-state index in [2.05, 4.69) is 4.74 Å². The van der Waals surface area contributed by atoms with Crippen LogP contribution in [0.3, 0.4) is 0 Å². The van der Waals surface area contributed by atoms with Crippen LogP contribution in [0.1, 0.15) is 42.0 Å². The van der Waals surface area contributed by atoms with Crippen LogP contribution in [0, 0.1) is 29.1 Å². The number of rotatable bonds is 6. The zero-order valence-corrected chi connectivity index (χ0v) is 19.0. The maximum absolute atomic E-state index is 15.3. The zero-order valence-electron chi connectivity index (χ0n) is 19.0. The molecular weight excluding hydrogens is 492 g/mol. The van der Waals surface area contributed by atoms with Gasteiger partial charge in [0.25, 0.3) is 0 Å². The summed E-state index contributed by atoms with van der Waals surface area (Å²) in [6.45, 7) is 2.03. The summed E-state index contributed by atoms with van der Waals surface area (Å²) >= 11 is 0. The molecule has 0 aliphatic heterocycles. The second-order valence-corrected chi connectivity index (χ2v) is 8.53. The number of fused-ring (bicyclic) bond motifs is 1. The van der Waals surface area contributed by atoms with Gasteiger partial charge in [0.1, 0.15) is 17.5 Å². The maximum Gasteiger partial charge on any atom is 0.573 e. The monoisotopic (exact) mass is 512 g/mol. The molecule has 0 saturated carbocycles. The molecular formula is C27H20F8O. The van der Waals surface area contributed by atoms with E-state index in [0.29, 0.717) is 23.3 Å². The Morgan fingerprint density at radius 2 is 1.56 bits per heavy atom. The van der Waals surface area contributed by atoms with E-state index in [-0.39, 0.29) is 24.0 Å². The van der Waals surface area contributed by atoms with E-state index in [9.17, 15) is 30.7 Å². The van der Waals surface area contributed by atoms with Crippen LogP contribution < -0.4 is 4.74 Å². The first kappa shape index (κ1) is 25.7. The van der Waals surface area contributed by atoms with Crippen molar-refractivity contribution in [2.75, 3.05) is 0 Å². The molecule has 0 bridgehead atoms. The molecule has 0 saturated heterocycles. The Morgan fingerprint density at radius 3 is 2.17 bits per heavy atom. The van der Waals surface area contributed by atoms with Gasteiger partial charge in [-0.2, -0.15) is 0 Å². The first-order valence-electron chi connectivity index (χ1n) is 11.2. The number of alkyl halides is 3. The minimum Gasteiger partial charge on any atom is -0.399 e. The summed E-state index contributed by atoms with van der Waals surface area (Å²) in [7, 11) is 0. The van der Waals surface area contributed by atoms with E-state index in [4.69, 9.17) is 0 Å². The minimum absolute atomic E-state index is 0.0236. The summed E-state index contributed by atoms with van der Waals surface area (Å²) in [6, 6.07) is 6.62. The van der Waals surface area contributed by atoms with Crippen LogP contribution in [0.15, 0.2) is 42.5 Å². The largest absolute Gasteiger partial charge is 0.573 e. The van der Waals surface area contributed by atoms with Gasteiger partial charge in [-0.05, 0) is 77.8 Å². The molecule has 0 amide bonds. The molecule has 1 aliphatic carbocycles. The molecule has 0 heterocycles. The third-order valence-corrected chi connectivity index (χ3v) is 6.05. The summed E-state index contributed by atoms with van der Waals surface area (Å²) in [4.78, 5) is 0. The Bertz CT molecular complexity index is 1320. The van der Waals surface area contributed by atoms with E-state index in [1.165, 1.54) is 6.07 Å². The molecule has 3 aromatic carbocycles. The Balaban J connectivity index is 1.67. The predicted octanol–water partition coefficient (Wildman–Crippen LogP) is 8.47. The van der Waals surface area contributed by atoms with Crippen LogP contribution in [-0.4, -0.2) is 6.36 Å². The van der Waals surface area contributed by atoms with Gasteiger partial charge in [0, 0.05) is 5.56 Å². The molecule has 0 spiro atoms. The number of benzene rings is 3. The number of allylic oxidation sites excluding steroid dienone is 2. The van der Waals surface area contributed by atoms with Gasteiger partial charge in [-0.15, -0.1) is 13.2 Å². The second kappa shape index (κ2) is 9.95. The molecule has 3 aromatic rings. The standard InChI is InChI=1S/C27H20F8O/c1-2-3-4-14-5-7-18(20(28)9-14)15-6-8-19-16(10-15)11-21(29)24(25(19)32)17-12-22(30)26(23(31)13-17)36-27(33,34)35/h5-7,9,11-13H,2-4,8,10H2,1H3. The number of hydrogen-bond acceptors (Lipinski definition) is 1. The molecule has 190 valence electrons. The van der Waals surface area contributed by atoms with Gasteiger partial charge in [0.05, 0.1) is 5.56 Å². The van der Waals surface area contributed by atoms with Crippen molar-refractivity contribution in [2.45, 2.75) is 45.4 Å². The second-order valence-electron chi connectivity index (χ2n) is 8.53. The highest BCUT2D eigenvalue weighted by atomic mass is 19.4. The lowest BCUT2D eigenvalue weighted by Gasteiger charge is -2.21. The molecule has 0 atom stereocenters. The normalized spacial score (nSPS) is 13.4. The lowest BCUT2D eigenvalue weighted by molar-refractivity contribution is -0.276. The number of ether oxygens (including phenoxy) is 1. The summed E-state index contributed by atoms with van der Waals surface area (Å²) in [6.07, 6.45) is -1.16. The minimum atomic E-state index is -5.36.